The topological polar surface area (TPSA) is 93.2 Å². The SMILES string of the molecule is O=C(NCc1cccc(OC(F)(F)F)c1)c1ccnc(NC(=O)C2CCC2)n1. The van der Waals surface area contributed by atoms with Gasteiger partial charge >= 0.3 is 6.36 Å². The van der Waals surface area contributed by atoms with Crippen LogP contribution in [-0.2, 0) is 11.3 Å². The van der Waals surface area contributed by atoms with Gasteiger partial charge in [-0.3, -0.25) is 14.9 Å². The van der Waals surface area contributed by atoms with Crippen LogP contribution < -0.4 is 15.4 Å². The minimum atomic E-state index is -4.79. The van der Waals surface area contributed by atoms with Gasteiger partial charge in [0.05, 0.1) is 0 Å². The Labute approximate surface area is 158 Å². The zero-order valence-corrected chi connectivity index (χ0v) is 14.6. The fraction of sp³-hybridized carbons (Fsp3) is 0.333. The number of hydrogen-bond donors (Lipinski definition) is 2. The van der Waals surface area contributed by atoms with E-state index in [-0.39, 0.29) is 35.8 Å². The zero-order chi connectivity index (χ0) is 20.1. The molecule has 3 rings (SSSR count). The Balaban J connectivity index is 1.58. The summed E-state index contributed by atoms with van der Waals surface area (Å²) in [7, 11) is 0. The van der Waals surface area contributed by atoms with Crippen LogP contribution in [-0.4, -0.2) is 28.1 Å². The molecule has 0 spiro atoms. The van der Waals surface area contributed by atoms with Crippen LogP contribution in [0.25, 0.3) is 0 Å². The summed E-state index contributed by atoms with van der Waals surface area (Å²) in [6.45, 7) is -0.0261. The lowest BCUT2D eigenvalue weighted by Gasteiger charge is -2.23. The molecule has 1 heterocycles. The van der Waals surface area contributed by atoms with Gasteiger partial charge in [0.1, 0.15) is 11.4 Å². The Morgan fingerprint density at radius 2 is 2.00 bits per heavy atom. The van der Waals surface area contributed by atoms with Crippen molar-refractivity contribution >= 4 is 17.8 Å². The van der Waals surface area contributed by atoms with Crippen LogP contribution in [0.2, 0.25) is 0 Å². The van der Waals surface area contributed by atoms with Gasteiger partial charge in [0, 0.05) is 18.7 Å². The molecule has 0 radical (unpaired) electrons. The second-order valence-corrected chi connectivity index (χ2v) is 6.26. The first kappa shape index (κ1) is 19.6. The Bertz CT molecular complexity index is 869. The molecule has 1 saturated carbocycles. The number of amides is 2. The standard InChI is InChI=1S/C18H17F3N4O3/c19-18(20,21)28-13-6-1-3-11(9-13)10-23-16(27)14-7-8-22-17(24-14)25-15(26)12-4-2-5-12/h1,3,6-9,12H,2,4-5,10H2,(H,23,27)(H,22,24,25,26). The van der Waals surface area contributed by atoms with Crippen molar-refractivity contribution in [3.8, 4) is 5.75 Å². The van der Waals surface area contributed by atoms with Crippen molar-refractivity contribution in [1.82, 2.24) is 15.3 Å². The number of nitrogens with zero attached hydrogens (tertiary/aromatic N) is 2. The molecule has 0 saturated heterocycles. The molecule has 0 bridgehead atoms. The first-order valence-electron chi connectivity index (χ1n) is 8.57. The lowest BCUT2D eigenvalue weighted by molar-refractivity contribution is -0.274. The molecule has 148 valence electrons. The van der Waals surface area contributed by atoms with Crippen molar-refractivity contribution in [3.05, 3.63) is 47.8 Å². The van der Waals surface area contributed by atoms with Crippen molar-refractivity contribution in [2.45, 2.75) is 32.2 Å². The van der Waals surface area contributed by atoms with Crippen molar-refractivity contribution < 1.29 is 27.5 Å². The van der Waals surface area contributed by atoms with Crippen LogP contribution in [0, 0.1) is 5.92 Å². The van der Waals surface area contributed by atoms with E-state index in [1.165, 1.54) is 30.5 Å². The van der Waals surface area contributed by atoms with Crippen LogP contribution in [0.1, 0.15) is 35.3 Å². The molecule has 1 aliphatic carbocycles. The quantitative estimate of drug-likeness (QED) is 0.786. The van der Waals surface area contributed by atoms with E-state index in [2.05, 4.69) is 25.3 Å². The average molecular weight is 394 g/mol. The third-order valence-electron chi connectivity index (χ3n) is 4.18. The number of benzene rings is 1. The second kappa shape index (κ2) is 8.24. The molecule has 10 heteroatoms. The van der Waals surface area contributed by atoms with Crippen molar-refractivity contribution in [2.75, 3.05) is 5.32 Å². The first-order valence-corrected chi connectivity index (χ1v) is 8.57. The third kappa shape index (κ3) is 5.41. The Morgan fingerprint density at radius 1 is 1.21 bits per heavy atom. The summed E-state index contributed by atoms with van der Waals surface area (Å²) in [6, 6.07) is 6.66. The molecule has 2 aromatic rings. The van der Waals surface area contributed by atoms with Gasteiger partial charge in [-0.25, -0.2) is 9.97 Å². The molecule has 1 aromatic carbocycles. The van der Waals surface area contributed by atoms with Gasteiger partial charge in [-0.1, -0.05) is 18.6 Å². The first-order chi connectivity index (χ1) is 13.3. The maximum atomic E-state index is 12.3. The van der Waals surface area contributed by atoms with E-state index < -0.39 is 12.3 Å². The highest BCUT2D eigenvalue weighted by molar-refractivity contribution is 5.94. The largest absolute Gasteiger partial charge is 0.573 e. The fourth-order valence-electron chi connectivity index (χ4n) is 2.55. The van der Waals surface area contributed by atoms with Crippen LogP contribution in [0.3, 0.4) is 0 Å². The van der Waals surface area contributed by atoms with Crippen molar-refractivity contribution in [3.63, 3.8) is 0 Å². The molecule has 2 amide bonds. The molecular weight excluding hydrogens is 377 g/mol. The Kier molecular flexibility index (Phi) is 5.76. The fourth-order valence-corrected chi connectivity index (χ4v) is 2.55. The van der Waals surface area contributed by atoms with Crippen LogP contribution in [0.15, 0.2) is 36.5 Å². The molecule has 1 fully saturated rings. The molecule has 0 aliphatic heterocycles. The van der Waals surface area contributed by atoms with Gasteiger partial charge in [-0.05, 0) is 36.6 Å². The number of carbonyl (C=O) groups is 2. The average Bonchev–Trinajstić information content (AvgIpc) is 2.57. The van der Waals surface area contributed by atoms with Gasteiger partial charge in [0.15, 0.2) is 0 Å². The Hall–Kier alpha value is -3.17. The van der Waals surface area contributed by atoms with Crippen LogP contribution >= 0.6 is 0 Å². The zero-order valence-electron chi connectivity index (χ0n) is 14.6. The summed E-state index contributed by atoms with van der Waals surface area (Å²) in [6.07, 6.45) is -0.790. The van der Waals surface area contributed by atoms with Gasteiger partial charge in [0.25, 0.3) is 5.91 Å². The van der Waals surface area contributed by atoms with E-state index >= 15 is 0 Å². The van der Waals surface area contributed by atoms with Crippen LogP contribution in [0.5, 0.6) is 5.75 Å². The normalized spacial score (nSPS) is 14.1. The molecule has 7 nitrogen and oxygen atoms in total. The van der Waals surface area contributed by atoms with Crippen molar-refractivity contribution in [1.29, 1.82) is 0 Å². The smallest absolute Gasteiger partial charge is 0.406 e. The third-order valence-corrected chi connectivity index (χ3v) is 4.18. The lowest BCUT2D eigenvalue weighted by atomic mass is 9.85. The Morgan fingerprint density at radius 3 is 2.68 bits per heavy atom. The lowest BCUT2D eigenvalue weighted by Crippen LogP contribution is -2.29. The number of alkyl halides is 3. The predicted octanol–water partition coefficient (Wildman–Crippen LogP) is 3.04. The number of hydrogen-bond acceptors (Lipinski definition) is 5. The molecule has 2 N–H and O–H groups in total. The predicted molar refractivity (Wildman–Crippen MR) is 92.3 cm³/mol. The monoisotopic (exact) mass is 394 g/mol. The van der Waals surface area contributed by atoms with E-state index in [9.17, 15) is 22.8 Å². The maximum Gasteiger partial charge on any atom is 0.573 e. The highest BCUT2D eigenvalue weighted by atomic mass is 19.4. The van der Waals surface area contributed by atoms with E-state index in [1.54, 1.807) is 6.07 Å². The highest BCUT2D eigenvalue weighted by Gasteiger charge is 2.31. The minimum absolute atomic E-state index is 0.0261. The molecule has 28 heavy (non-hydrogen) atoms. The molecule has 0 unspecified atom stereocenters. The van der Waals surface area contributed by atoms with E-state index in [0.717, 1.165) is 19.3 Å². The number of nitrogens with one attached hydrogen (secondary N) is 2. The molecular formula is C18H17F3N4O3. The second-order valence-electron chi connectivity index (χ2n) is 6.26. The van der Waals surface area contributed by atoms with Gasteiger partial charge in [-0.15, -0.1) is 13.2 Å². The van der Waals surface area contributed by atoms with Crippen LogP contribution in [0.4, 0.5) is 19.1 Å². The maximum absolute atomic E-state index is 12.3. The number of ether oxygens (including phenoxy) is 1. The summed E-state index contributed by atoms with van der Waals surface area (Å²) in [5.41, 5.74) is 0.448. The summed E-state index contributed by atoms with van der Waals surface area (Å²) < 4.78 is 40.7. The number of aromatic nitrogens is 2. The van der Waals surface area contributed by atoms with Gasteiger partial charge in [-0.2, -0.15) is 0 Å². The number of halogens is 3. The minimum Gasteiger partial charge on any atom is -0.406 e. The van der Waals surface area contributed by atoms with E-state index in [4.69, 9.17) is 0 Å². The molecule has 1 aliphatic rings. The van der Waals surface area contributed by atoms with E-state index in [1.807, 2.05) is 0 Å². The summed E-state index contributed by atoms with van der Waals surface area (Å²) in [4.78, 5) is 32.1. The number of carbonyl (C=O) groups excluding carboxylic acids is 2. The number of anilines is 1. The number of rotatable bonds is 6. The van der Waals surface area contributed by atoms with Crippen molar-refractivity contribution in [2.24, 2.45) is 5.92 Å². The highest BCUT2D eigenvalue weighted by Crippen LogP contribution is 2.27. The van der Waals surface area contributed by atoms with Gasteiger partial charge in [0.2, 0.25) is 11.9 Å². The summed E-state index contributed by atoms with van der Waals surface area (Å²) in [5, 5.41) is 5.13. The summed E-state index contributed by atoms with van der Waals surface area (Å²) in [5.74, 6) is -1.12. The molecule has 0 atom stereocenters. The van der Waals surface area contributed by atoms with E-state index in [0.29, 0.717) is 5.56 Å². The van der Waals surface area contributed by atoms with Gasteiger partial charge < -0.3 is 10.1 Å². The summed E-state index contributed by atoms with van der Waals surface area (Å²) >= 11 is 0. The molecule has 1 aromatic heterocycles.